The number of nitrogens with zero attached hydrogens (tertiary/aromatic N) is 2. The fourth-order valence-electron chi connectivity index (χ4n) is 5.53. The summed E-state index contributed by atoms with van der Waals surface area (Å²) in [5.41, 5.74) is 1.14. The summed E-state index contributed by atoms with van der Waals surface area (Å²) in [6.45, 7) is 5.91. The van der Waals surface area contributed by atoms with Gasteiger partial charge in [0.1, 0.15) is 11.5 Å². The number of carbonyl (C=O) groups excluding carboxylic acids is 2. The van der Waals surface area contributed by atoms with Crippen LogP contribution < -0.4 is 14.8 Å². The monoisotopic (exact) mass is 681 g/mol. The summed E-state index contributed by atoms with van der Waals surface area (Å²) >= 11 is 0. The number of rotatable bonds is 9. The highest BCUT2D eigenvalue weighted by Crippen LogP contribution is 2.29. The normalized spacial score (nSPS) is 20.3. The van der Waals surface area contributed by atoms with Crippen LogP contribution in [0.15, 0.2) is 77.7 Å². The SMILES string of the molecule is COc1ccc(S(=O)(=O)N(C)C[C@@H]2OCCCC[C@@H](C)Oc3ccc(NC(=O)c4ccccc4)cc3C(=O)N([C@H](C)CO)C[C@H]2C)cc1. The highest BCUT2D eigenvalue weighted by Gasteiger charge is 2.32. The van der Waals surface area contributed by atoms with E-state index in [9.17, 15) is 23.1 Å². The van der Waals surface area contributed by atoms with E-state index in [2.05, 4.69) is 5.32 Å². The van der Waals surface area contributed by atoms with Crippen LogP contribution in [0, 0.1) is 5.92 Å². The van der Waals surface area contributed by atoms with Gasteiger partial charge in [0.2, 0.25) is 10.0 Å². The molecule has 0 aliphatic carbocycles. The number of nitrogens with one attached hydrogen (secondary N) is 1. The number of ether oxygens (including phenoxy) is 3. The first-order valence-electron chi connectivity index (χ1n) is 16.3. The summed E-state index contributed by atoms with van der Waals surface area (Å²) in [5, 5.41) is 13.1. The van der Waals surface area contributed by atoms with E-state index < -0.39 is 28.1 Å². The molecule has 2 amide bonds. The number of aliphatic hydroxyl groups excluding tert-OH is 1. The van der Waals surface area contributed by atoms with Gasteiger partial charge in [0.05, 0.1) is 42.4 Å². The molecule has 1 aliphatic heterocycles. The zero-order valence-corrected chi connectivity index (χ0v) is 29.1. The van der Waals surface area contributed by atoms with Gasteiger partial charge in [-0.3, -0.25) is 9.59 Å². The average Bonchev–Trinajstić information content (AvgIpc) is 3.09. The van der Waals surface area contributed by atoms with Gasteiger partial charge >= 0.3 is 0 Å². The van der Waals surface area contributed by atoms with Crippen LogP contribution >= 0.6 is 0 Å². The third-order valence-electron chi connectivity index (χ3n) is 8.55. The van der Waals surface area contributed by atoms with Gasteiger partial charge in [0.25, 0.3) is 11.8 Å². The van der Waals surface area contributed by atoms with Crippen LogP contribution in [0.1, 0.15) is 60.7 Å². The van der Waals surface area contributed by atoms with Crippen LogP contribution in [0.2, 0.25) is 0 Å². The van der Waals surface area contributed by atoms with Crippen LogP contribution in [0.5, 0.6) is 11.5 Å². The first kappa shape index (κ1) is 36.9. The van der Waals surface area contributed by atoms with Crippen molar-refractivity contribution in [1.29, 1.82) is 0 Å². The summed E-state index contributed by atoms with van der Waals surface area (Å²) in [6.07, 6.45) is 1.45. The van der Waals surface area contributed by atoms with E-state index in [1.165, 1.54) is 30.6 Å². The standard InChI is InChI=1S/C36H47N3O8S/c1-25-22-39(26(2)24-40)36(42)32-21-29(37-35(41)28-12-7-6-8-13-28)14-19-33(32)47-27(3)11-9-10-20-46-34(25)23-38(4)48(43,44)31-17-15-30(45-5)16-18-31/h6-8,12-19,21,25-27,34,40H,9-11,20,22-24H2,1-5H3,(H,37,41)/t25-,26-,27-,34+/m1/s1. The minimum Gasteiger partial charge on any atom is -0.497 e. The highest BCUT2D eigenvalue weighted by atomic mass is 32.2. The Morgan fingerprint density at radius 2 is 1.79 bits per heavy atom. The Morgan fingerprint density at radius 1 is 1.08 bits per heavy atom. The van der Waals surface area contributed by atoms with Crippen LogP contribution in [0.3, 0.4) is 0 Å². The van der Waals surface area contributed by atoms with E-state index in [4.69, 9.17) is 14.2 Å². The number of hydrogen-bond acceptors (Lipinski definition) is 8. The number of anilines is 1. The van der Waals surface area contributed by atoms with E-state index in [-0.39, 0.29) is 48.1 Å². The number of sulfonamides is 1. The third-order valence-corrected chi connectivity index (χ3v) is 10.4. The Balaban J connectivity index is 1.64. The molecule has 1 aliphatic rings. The molecule has 48 heavy (non-hydrogen) atoms. The maximum Gasteiger partial charge on any atom is 0.258 e. The minimum absolute atomic E-state index is 0.0524. The zero-order valence-electron chi connectivity index (χ0n) is 28.3. The second kappa shape index (κ2) is 16.9. The van der Waals surface area contributed by atoms with E-state index in [0.717, 1.165) is 12.8 Å². The molecule has 0 aromatic heterocycles. The number of methoxy groups -OCH3 is 1. The molecular formula is C36H47N3O8S. The second-order valence-corrected chi connectivity index (χ2v) is 14.3. The van der Waals surface area contributed by atoms with Crippen LogP contribution in [-0.4, -0.2) is 93.3 Å². The first-order valence-corrected chi connectivity index (χ1v) is 17.7. The molecule has 0 radical (unpaired) electrons. The van der Waals surface area contributed by atoms with Crippen LogP contribution in [-0.2, 0) is 14.8 Å². The molecule has 12 heteroatoms. The molecule has 0 unspecified atom stereocenters. The molecule has 0 bridgehead atoms. The van der Waals surface area contributed by atoms with Gasteiger partial charge in [-0.1, -0.05) is 25.1 Å². The van der Waals surface area contributed by atoms with Crippen LogP contribution in [0.25, 0.3) is 0 Å². The molecule has 260 valence electrons. The zero-order chi connectivity index (χ0) is 34.8. The predicted octanol–water partition coefficient (Wildman–Crippen LogP) is 5.06. The lowest BCUT2D eigenvalue weighted by atomic mass is 10.0. The van der Waals surface area contributed by atoms with Gasteiger partial charge in [-0.15, -0.1) is 0 Å². The smallest absolute Gasteiger partial charge is 0.258 e. The molecule has 4 rings (SSSR count). The molecule has 3 aromatic carbocycles. The van der Waals surface area contributed by atoms with E-state index in [1.807, 2.05) is 19.9 Å². The average molecular weight is 682 g/mol. The summed E-state index contributed by atoms with van der Waals surface area (Å²) < 4.78 is 46.1. The quantitative estimate of drug-likeness (QED) is 0.320. The summed E-state index contributed by atoms with van der Waals surface area (Å²) in [5.74, 6) is -0.112. The molecule has 0 saturated carbocycles. The van der Waals surface area contributed by atoms with Crippen LogP contribution in [0.4, 0.5) is 5.69 Å². The molecule has 1 heterocycles. The molecule has 11 nitrogen and oxygen atoms in total. The number of carbonyl (C=O) groups is 2. The van der Waals surface area contributed by atoms with Crippen molar-refractivity contribution in [2.24, 2.45) is 5.92 Å². The van der Waals surface area contributed by atoms with Crippen molar-refractivity contribution in [3.8, 4) is 11.5 Å². The summed E-state index contributed by atoms with van der Waals surface area (Å²) in [6, 6.07) is 19.4. The molecule has 4 atom stereocenters. The Bertz CT molecular complexity index is 1620. The number of amides is 2. The largest absolute Gasteiger partial charge is 0.497 e. The first-order chi connectivity index (χ1) is 22.9. The molecular weight excluding hydrogens is 634 g/mol. The molecule has 2 N–H and O–H groups in total. The van der Waals surface area contributed by atoms with Gasteiger partial charge in [-0.25, -0.2) is 8.42 Å². The topological polar surface area (TPSA) is 135 Å². The predicted molar refractivity (Wildman–Crippen MR) is 184 cm³/mol. The number of hydrogen-bond donors (Lipinski definition) is 2. The maximum absolute atomic E-state index is 14.4. The van der Waals surface area contributed by atoms with Gasteiger partial charge in [0.15, 0.2) is 0 Å². The molecule has 0 saturated heterocycles. The minimum atomic E-state index is -3.85. The summed E-state index contributed by atoms with van der Waals surface area (Å²) in [4.78, 5) is 29.0. The Kier molecular flexibility index (Phi) is 13.0. The lowest BCUT2D eigenvalue weighted by Crippen LogP contribution is -2.48. The number of fused-ring (bicyclic) bond motifs is 1. The van der Waals surface area contributed by atoms with Gasteiger partial charge in [-0.2, -0.15) is 4.31 Å². The number of likely N-dealkylation sites (N-methyl/N-ethyl adjacent to an activating group) is 1. The van der Waals surface area contributed by atoms with Gasteiger partial charge in [-0.05, 0) is 87.7 Å². The fraction of sp³-hybridized carbons (Fsp3) is 0.444. The summed E-state index contributed by atoms with van der Waals surface area (Å²) in [7, 11) is -0.818. The third kappa shape index (κ3) is 9.34. The van der Waals surface area contributed by atoms with E-state index in [0.29, 0.717) is 35.8 Å². The molecule has 0 fully saturated rings. The Labute approximate surface area is 283 Å². The maximum atomic E-state index is 14.4. The molecule has 0 spiro atoms. The van der Waals surface area contributed by atoms with Gasteiger partial charge in [0, 0.05) is 43.9 Å². The lowest BCUT2D eigenvalue weighted by molar-refractivity contribution is -0.00834. The van der Waals surface area contributed by atoms with Crippen molar-refractivity contribution < 1.29 is 37.3 Å². The Morgan fingerprint density at radius 3 is 2.46 bits per heavy atom. The number of benzene rings is 3. The van der Waals surface area contributed by atoms with Crippen molar-refractivity contribution in [3.05, 3.63) is 83.9 Å². The second-order valence-electron chi connectivity index (χ2n) is 12.3. The van der Waals surface area contributed by atoms with Crippen molar-refractivity contribution in [3.63, 3.8) is 0 Å². The van der Waals surface area contributed by atoms with Gasteiger partial charge < -0.3 is 29.5 Å². The van der Waals surface area contributed by atoms with E-state index >= 15 is 0 Å². The van der Waals surface area contributed by atoms with Crippen molar-refractivity contribution in [2.75, 3.05) is 45.8 Å². The Hall–Kier alpha value is -3.97. The van der Waals surface area contributed by atoms with Crippen molar-refractivity contribution in [1.82, 2.24) is 9.21 Å². The number of aliphatic hydroxyl groups is 1. The highest BCUT2D eigenvalue weighted by molar-refractivity contribution is 7.89. The molecule has 3 aromatic rings. The van der Waals surface area contributed by atoms with E-state index in [1.54, 1.807) is 66.4 Å². The lowest BCUT2D eigenvalue weighted by Gasteiger charge is -2.35. The fourth-order valence-corrected chi connectivity index (χ4v) is 6.72. The van der Waals surface area contributed by atoms with Crippen molar-refractivity contribution in [2.45, 2.75) is 63.2 Å². The van der Waals surface area contributed by atoms with Crippen molar-refractivity contribution >= 4 is 27.5 Å².